The third-order valence-corrected chi connectivity index (χ3v) is 5.26. The molecular formula is C17H30N2O3S. The molecule has 1 amide bonds. The molecule has 0 unspecified atom stereocenters. The fraction of sp³-hybridized carbons (Fsp3) is 0.588. The van der Waals surface area contributed by atoms with Gasteiger partial charge in [-0.1, -0.05) is 45.4 Å². The monoisotopic (exact) mass is 342 g/mol. The van der Waals surface area contributed by atoms with Crippen LogP contribution in [0, 0.1) is 6.92 Å². The smallest absolute Gasteiger partial charge is 0.243 e. The van der Waals surface area contributed by atoms with E-state index in [9.17, 15) is 13.2 Å². The maximum absolute atomic E-state index is 12.4. The van der Waals surface area contributed by atoms with E-state index < -0.39 is 10.0 Å². The fourth-order valence-electron chi connectivity index (χ4n) is 2.10. The number of nitrogens with zero attached hydrogens (tertiary/aromatic N) is 2. The van der Waals surface area contributed by atoms with E-state index in [2.05, 4.69) is 0 Å². The van der Waals surface area contributed by atoms with Crippen LogP contribution in [0.2, 0.25) is 0 Å². The molecule has 0 aliphatic carbocycles. The van der Waals surface area contributed by atoms with Crippen molar-refractivity contribution in [2.45, 2.75) is 46.4 Å². The molecule has 0 spiro atoms. The molecule has 1 saturated heterocycles. The first-order valence-electron chi connectivity index (χ1n) is 8.23. The summed E-state index contributed by atoms with van der Waals surface area (Å²) in [5.74, 6) is -0.00705. The normalized spacial score (nSPS) is 15.0. The summed E-state index contributed by atoms with van der Waals surface area (Å²) >= 11 is 0. The molecule has 2 rings (SSSR count). The Morgan fingerprint density at radius 2 is 1.35 bits per heavy atom. The molecule has 1 aromatic carbocycles. The predicted octanol–water partition coefficient (Wildman–Crippen LogP) is 2.90. The minimum Gasteiger partial charge on any atom is -0.340 e. The number of carbonyl (C=O) groups is 1. The minimum atomic E-state index is -3.43. The number of hydrogen-bond acceptors (Lipinski definition) is 3. The number of carbonyl (C=O) groups excluding carboxylic acids is 1. The highest BCUT2D eigenvalue weighted by Gasteiger charge is 2.28. The van der Waals surface area contributed by atoms with Gasteiger partial charge in [0.25, 0.3) is 0 Å². The van der Waals surface area contributed by atoms with Crippen molar-refractivity contribution < 1.29 is 13.2 Å². The highest BCUT2D eigenvalue weighted by molar-refractivity contribution is 7.89. The summed E-state index contributed by atoms with van der Waals surface area (Å²) in [7, 11) is -3.43. The van der Waals surface area contributed by atoms with E-state index in [0.717, 1.165) is 5.56 Å². The second kappa shape index (κ2) is 10.4. The maximum Gasteiger partial charge on any atom is 0.243 e. The zero-order valence-corrected chi connectivity index (χ0v) is 16.0. The number of amides is 1. The highest BCUT2D eigenvalue weighted by Crippen LogP contribution is 2.18. The summed E-state index contributed by atoms with van der Waals surface area (Å²) in [6, 6.07) is 6.83. The Kier molecular flexibility index (Phi) is 9.76. The molecule has 0 aromatic heterocycles. The molecule has 0 saturated carbocycles. The van der Waals surface area contributed by atoms with Crippen LogP contribution in [0.15, 0.2) is 29.2 Å². The first-order valence-corrected chi connectivity index (χ1v) is 9.67. The number of benzene rings is 1. The summed E-state index contributed by atoms with van der Waals surface area (Å²) < 4.78 is 26.2. The lowest BCUT2D eigenvalue weighted by molar-refractivity contribution is -0.129. The van der Waals surface area contributed by atoms with Crippen molar-refractivity contribution in [1.29, 1.82) is 0 Å². The molecule has 5 nitrogen and oxygen atoms in total. The standard InChI is InChI=1S/C13H18N2O3S.2C2H6/c1-11-3-5-13(6-4-11)19(17,18)15-9-7-14(8-10-15)12(2)16;2*1-2/h3-6H,7-10H2,1-2H3;2*1-2H3. The van der Waals surface area contributed by atoms with Gasteiger partial charge in [0.2, 0.25) is 15.9 Å². The van der Waals surface area contributed by atoms with Gasteiger partial charge < -0.3 is 4.90 Å². The van der Waals surface area contributed by atoms with Crippen molar-refractivity contribution in [2.24, 2.45) is 0 Å². The number of hydrogen-bond donors (Lipinski definition) is 0. The minimum absolute atomic E-state index is 0.00705. The third-order valence-electron chi connectivity index (χ3n) is 3.34. The average Bonchev–Trinajstić information content (AvgIpc) is 2.59. The van der Waals surface area contributed by atoms with Crippen LogP contribution in [-0.2, 0) is 14.8 Å². The van der Waals surface area contributed by atoms with Crippen LogP contribution < -0.4 is 0 Å². The van der Waals surface area contributed by atoms with Crippen LogP contribution in [-0.4, -0.2) is 49.7 Å². The van der Waals surface area contributed by atoms with Crippen molar-refractivity contribution in [2.75, 3.05) is 26.2 Å². The summed E-state index contributed by atoms with van der Waals surface area (Å²) in [6.45, 7) is 13.1. The van der Waals surface area contributed by atoms with Crippen molar-refractivity contribution in [1.82, 2.24) is 9.21 Å². The van der Waals surface area contributed by atoms with Gasteiger partial charge in [0.15, 0.2) is 0 Å². The largest absolute Gasteiger partial charge is 0.340 e. The number of piperazine rings is 1. The zero-order valence-electron chi connectivity index (χ0n) is 15.2. The van der Waals surface area contributed by atoms with E-state index in [1.807, 2.05) is 34.6 Å². The second-order valence-electron chi connectivity index (χ2n) is 4.72. The molecule has 1 fully saturated rings. The molecule has 1 aliphatic heterocycles. The Bertz CT molecular complexity index is 560. The van der Waals surface area contributed by atoms with Gasteiger partial charge in [-0.05, 0) is 19.1 Å². The van der Waals surface area contributed by atoms with Gasteiger partial charge in [0.05, 0.1) is 4.90 Å². The van der Waals surface area contributed by atoms with Gasteiger partial charge in [-0.3, -0.25) is 4.79 Å². The molecular weight excluding hydrogens is 312 g/mol. The molecule has 1 aliphatic rings. The van der Waals surface area contributed by atoms with Crippen LogP contribution in [0.25, 0.3) is 0 Å². The number of rotatable bonds is 2. The average molecular weight is 343 g/mol. The molecule has 0 N–H and O–H groups in total. The second-order valence-corrected chi connectivity index (χ2v) is 6.66. The van der Waals surface area contributed by atoms with Gasteiger partial charge in [0.1, 0.15) is 0 Å². The predicted molar refractivity (Wildman–Crippen MR) is 94.9 cm³/mol. The van der Waals surface area contributed by atoms with Crippen molar-refractivity contribution in [3.05, 3.63) is 29.8 Å². The number of aryl methyl sites for hydroxylation is 1. The summed E-state index contributed by atoms with van der Waals surface area (Å²) in [4.78, 5) is 13.2. The Balaban J connectivity index is 0.00000112. The molecule has 1 heterocycles. The molecule has 23 heavy (non-hydrogen) atoms. The van der Waals surface area contributed by atoms with Crippen molar-refractivity contribution in [3.63, 3.8) is 0 Å². The molecule has 132 valence electrons. The molecule has 6 heteroatoms. The lowest BCUT2D eigenvalue weighted by Gasteiger charge is -2.33. The maximum atomic E-state index is 12.4. The van der Waals surface area contributed by atoms with Crippen LogP contribution in [0.5, 0.6) is 0 Å². The highest BCUT2D eigenvalue weighted by atomic mass is 32.2. The Morgan fingerprint density at radius 1 is 0.913 bits per heavy atom. The summed E-state index contributed by atoms with van der Waals surface area (Å²) in [5.41, 5.74) is 1.03. The van der Waals surface area contributed by atoms with E-state index in [1.165, 1.54) is 11.2 Å². The van der Waals surface area contributed by atoms with E-state index in [4.69, 9.17) is 0 Å². The molecule has 0 bridgehead atoms. The molecule has 0 radical (unpaired) electrons. The van der Waals surface area contributed by atoms with Crippen molar-refractivity contribution in [3.8, 4) is 0 Å². The van der Waals surface area contributed by atoms with Gasteiger partial charge in [-0.15, -0.1) is 0 Å². The Hall–Kier alpha value is -1.40. The SMILES string of the molecule is CC.CC.CC(=O)N1CCN(S(=O)(=O)c2ccc(C)cc2)CC1. The van der Waals surface area contributed by atoms with Gasteiger partial charge >= 0.3 is 0 Å². The molecule has 1 aromatic rings. The van der Waals surface area contributed by atoms with E-state index in [1.54, 1.807) is 29.2 Å². The van der Waals surface area contributed by atoms with Crippen molar-refractivity contribution >= 4 is 15.9 Å². The van der Waals surface area contributed by atoms with Crippen LogP contribution >= 0.6 is 0 Å². The lowest BCUT2D eigenvalue weighted by atomic mass is 10.2. The van der Waals surface area contributed by atoms with E-state index >= 15 is 0 Å². The zero-order chi connectivity index (χ0) is 18.0. The van der Waals surface area contributed by atoms with Crippen LogP contribution in [0.3, 0.4) is 0 Å². The first-order chi connectivity index (χ1) is 10.9. The summed E-state index contributed by atoms with van der Waals surface area (Å²) in [5, 5.41) is 0. The molecule has 0 atom stereocenters. The van der Waals surface area contributed by atoms with Crippen LogP contribution in [0.1, 0.15) is 40.2 Å². The fourth-order valence-corrected chi connectivity index (χ4v) is 3.52. The van der Waals surface area contributed by atoms with Gasteiger partial charge in [0, 0.05) is 33.1 Å². The van der Waals surface area contributed by atoms with E-state index in [0.29, 0.717) is 31.1 Å². The Morgan fingerprint density at radius 3 is 1.74 bits per heavy atom. The lowest BCUT2D eigenvalue weighted by Crippen LogP contribution is -2.49. The third kappa shape index (κ3) is 5.95. The summed E-state index contributed by atoms with van der Waals surface area (Å²) in [6.07, 6.45) is 0. The Labute approximate surface area is 141 Å². The van der Waals surface area contributed by atoms with E-state index in [-0.39, 0.29) is 5.91 Å². The van der Waals surface area contributed by atoms with Gasteiger partial charge in [-0.2, -0.15) is 4.31 Å². The van der Waals surface area contributed by atoms with Gasteiger partial charge in [-0.25, -0.2) is 8.42 Å². The van der Waals surface area contributed by atoms with Crippen LogP contribution in [0.4, 0.5) is 0 Å². The number of sulfonamides is 1. The topological polar surface area (TPSA) is 57.7 Å². The first kappa shape index (κ1) is 21.6. The quantitative estimate of drug-likeness (QED) is 0.830.